The molecule has 2 aliphatic heterocycles. The van der Waals surface area contributed by atoms with E-state index >= 15 is 0 Å². The summed E-state index contributed by atoms with van der Waals surface area (Å²) in [6, 6.07) is 0. The van der Waals surface area contributed by atoms with Crippen molar-refractivity contribution >= 4 is 0 Å². The van der Waals surface area contributed by atoms with Crippen molar-refractivity contribution in [1.82, 2.24) is 9.80 Å². The molecule has 19 heavy (non-hydrogen) atoms. The van der Waals surface area contributed by atoms with E-state index in [1.807, 2.05) is 0 Å². The summed E-state index contributed by atoms with van der Waals surface area (Å²) >= 11 is 0. The van der Waals surface area contributed by atoms with Gasteiger partial charge in [-0.15, -0.1) is 0 Å². The van der Waals surface area contributed by atoms with Crippen molar-refractivity contribution in [3.05, 3.63) is 12.2 Å². The van der Waals surface area contributed by atoms with E-state index in [0.29, 0.717) is 11.3 Å². The highest BCUT2D eigenvalue weighted by Gasteiger charge is 2.39. The van der Waals surface area contributed by atoms with Crippen LogP contribution >= 0.6 is 0 Å². The Kier molecular flexibility index (Phi) is 5.08. The molecule has 2 rings (SSSR count). The Hall–Kier alpha value is -0.340. The molecule has 110 valence electrons. The summed E-state index contributed by atoms with van der Waals surface area (Å²) in [4.78, 5) is 5.30. The average molecular weight is 264 g/mol. The van der Waals surface area contributed by atoms with Crippen LogP contribution in [0.3, 0.4) is 0 Å². The Labute approximate surface area is 119 Å². The average Bonchev–Trinajstić information content (AvgIpc) is 2.80. The SMILES string of the molecule is C=C(CCN1CCC2(CCN(CC)CC2)C1)C(C)C. The minimum Gasteiger partial charge on any atom is -0.304 e. The monoisotopic (exact) mass is 264 g/mol. The lowest BCUT2D eigenvalue weighted by Gasteiger charge is -2.39. The van der Waals surface area contributed by atoms with E-state index in [1.165, 1.54) is 70.5 Å². The number of piperidine rings is 1. The van der Waals surface area contributed by atoms with E-state index in [9.17, 15) is 0 Å². The highest BCUT2D eigenvalue weighted by Crippen LogP contribution is 2.40. The first-order valence-electron chi connectivity index (χ1n) is 8.17. The number of hydrogen-bond donors (Lipinski definition) is 0. The summed E-state index contributed by atoms with van der Waals surface area (Å²) < 4.78 is 0. The van der Waals surface area contributed by atoms with Crippen molar-refractivity contribution in [3.8, 4) is 0 Å². The first-order valence-corrected chi connectivity index (χ1v) is 8.17. The molecule has 1 spiro atoms. The smallest absolute Gasteiger partial charge is 0.00395 e. The molecule has 0 bridgehead atoms. The summed E-state index contributed by atoms with van der Waals surface area (Å²) in [5, 5.41) is 0. The third kappa shape index (κ3) is 3.82. The van der Waals surface area contributed by atoms with Crippen LogP contribution in [0.25, 0.3) is 0 Å². The third-order valence-electron chi connectivity index (χ3n) is 5.45. The van der Waals surface area contributed by atoms with Gasteiger partial charge >= 0.3 is 0 Å². The number of likely N-dealkylation sites (tertiary alicyclic amines) is 2. The third-order valence-corrected chi connectivity index (χ3v) is 5.45. The van der Waals surface area contributed by atoms with Crippen LogP contribution in [0.1, 0.15) is 46.5 Å². The molecule has 0 aromatic heterocycles. The van der Waals surface area contributed by atoms with E-state index in [-0.39, 0.29) is 0 Å². The normalized spacial score (nSPS) is 24.4. The maximum atomic E-state index is 4.21. The largest absolute Gasteiger partial charge is 0.304 e. The van der Waals surface area contributed by atoms with Crippen molar-refractivity contribution < 1.29 is 0 Å². The van der Waals surface area contributed by atoms with Gasteiger partial charge < -0.3 is 9.80 Å². The van der Waals surface area contributed by atoms with E-state index in [0.717, 1.165) is 0 Å². The highest BCUT2D eigenvalue weighted by molar-refractivity contribution is 5.00. The first-order chi connectivity index (χ1) is 9.04. The molecular weight excluding hydrogens is 232 g/mol. The zero-order valence-corrected chi connectivity index (χ0v) is 13.2. The molecule has 0 aliphatic carbocycles. The standard InChI is InChI=1S/C17H32N2/c1-5-18-11-7-17(8-12-18)9-13-19(14-17)10-6-16(4)15(2)3/h15H,4-14H2,1-3H3. The molecule has 0 N–H and O–H groups in total. The minimum atomic E-state index is 0.643. The van der Waals surface area contributed by atoms with Gasteiger partial charge in [0.25, 0.3) is 0 Å². The predicted molar refractivity (Wildman–Crippen MR) is 83.4 cm³/mol. The van der Waals surface area contributed by atoms with Gasteiger partial charge in [0.1, 0.15) is 0 Å². The minimum absolute atomic E-state index is 0.643. The summed E-state index contributed by atoms with van der Waals surface area (Å²) in [6.07, 6.45) is 5.46. The zero-order chi connectivity index (χ0) is 13.9. The fourth-order valence-corrected chi connectivity index (χ4v) is 3.56. The number of nitrogens with zero attached hydrogens (tertiary/aromatic N) is 2. The van der Waals surface area contributed by atoms with Crippen molar-refractivity contribution in [1.29, 1.82) is 0 Å². The van der Waals surface area contributed by atoms with Crippen LogP contribution < -0.4 is 0 Å². The molecule has 0 amide bonds. The van der Waals surface area contributed by atoms with Gasteiger partial charge in [0.2, 0.25) is 0 Å². The maximum Gasteiger partial charge on any atom is 0.00395 e. The fraction of sp³-hybridized carbons (Fsp3) is 0.882. The Morgan fingerprint density at radius 2 is 1.68 bits per heavy atom. The lowest BCUT2D eigenvalue weighted by atomic mass is 9.78. The van der Waals surface area contributed by atoms with E-state index < -0.39 is 0 Å². The quantitative estimate of drug-likeness (QED) is 0.702. The topological polar surface area (TPSA) is 6.48 Å². The molecule has 0 saturated carbocycles. The van der Waals surface area contributed by atoms with Crippen LogP contribution in [0.15, 0.2) is 12.2 Å². The van der Waals surface area contributed by atoms with Gasteiger partial charge in [0, 0.05) is 13.1 Å². The predicted octanol–water partition coefficient (Wildman–Crippen LogP) is 3.40. The van der Waals surface area contributed by atoms with Gasteiger partial charge in [-0.05, 0) is 63.2 Å². The van der Waals surface area contributed by atoms with Crippen LogP contribution in [0.4, 0.5) is 0 Å². The van der Waals surface area contributed by atoms with Gasteiger partial charge in [0.05, 0.1) is 0 Å². The van der Waals surface area contributed by atoms with Crippen LogP contribution in [-0.4, -0.2) is 49.1 Å². The summed E-state index contributed by atoms with van der Waals surface area (Å²) in [5.41, 5.74) is 2.08. The second-order valence-electron chi connectivity index (χ2n) is 7.02. The lowest BCUT2D eigenvalue weighted by molar-refractivity contribution is 0.112. The molecule has 2 saturated heterocycles. The van der Waals surface area contributed by atoms with E-state index in [2.05, 4.69) is 37.1 Å². The second kappa shape index (κ2) is 6.41. The Morgan fingerprint density at radius 1 is 1.11 bits per heavy atom. The first kappa shape index (κ1) is 15.1. The maximum absolute atomic E-state index is 4.21. The molecule has 0 unspecified atom stereocenters. The fourth-order valence-electron chi connectivity index (χ4n) is 3.56. The Morgan fingerprint density at radius 3 is 2.21 bits per heavy atom. The summed E-state index contributed by atoms with van der Waals surface area (Å²) in [7, 11) is 0. The highest BCUT2D eigenvalue weighted by atomic mass is 15.2. The van der Waals surface area contributed by atoms with Crippen LogP contribution in [-0.2, 0) is 0 Å². The lowest BCUT2D eigenvalue weighted by Crippen LogP contribution is -2.41. The molecule has 2 fully saturated rings. The summed E-state index contributed by atoms with van der Waals surface area (Å²) in [5.74, 6) is 0.643. The van der Waals surface area contributed by atoms with Gasteiger partial charge in [0.15, 0.2) is 0 Å². The van der Waals surface area contributed by atoms with Crippen molar-refractivity contribution in [2.45, 2.75) is 46.5 Å². The van der Waals surface area contributed by atoms with Crippen LogP contribution in [0.5, 0.6) is 0 Å². The molecule has 2 nitrogen and oxygen atoms in total. The molecule has 2 heterocycles. The number of hydrogen-bond acceptors (Lipinski definition) is 2. The number of rotatable bonds is 5. The Balaban J connectivity index is 1.75. The molecular formula is C17H32N2. The van der Waals surface area contributed by atoms with Crippen molar-refractivity contribution in [2.75, 3.05) is 39.3 Å². The summed E-state index contributed by atoms with van der Waals surface area (Å²) in [6.45, 7) is 18.8. The molecule has 0 radical (unpaired) electrons. The van der Waals surface area contributed by atoms with Crippen molar-refractivity contribution in [2.24, 2.45) is 11.3 Å². The zero-order valence-electron chi connectivity index (χ0n) is 13.2. The van der Waals surface area contributed by atoms with Gasteiger partial charge in [-0.25, -0.2) is 0 Å². The van der Waals surface area contributed by atoms with E-state index in [4.69, 9.17) is 0 Å². The van der Waals surface area contributed by atoms with Crippen LogP contribution in [0, 0.1) is 11.3 Å². The molecule has 0 aromatic rings. The molecule has 2 heteroatoms. The molecule has 0 aromatic carbocycles. The molecule has 0 atom stereocenters. The van der Waals surface area contributed by atoms with E-state index in [1.54, 1.807) is 0 Å². The van der Waals surface area contributed by atoms with Crippen molar-refractivity contribution in [3.63, 3.8) is 0 Å². The second-order valence-corrected chi connectivity index (χ2v) is 7.02. The van der Waals surface area contributed by atoms with Crippen LogP contribution in [0.2, 0.25) is 0 Å². The van der Waals surface area contributed by atoms with Gasteiger partial charge in [-0.3, -0.25) is 0 Å². The van der Waals surface area contributed by atoms with Gasteiger partial charge in [-0.2, -0.15) is 0 Å². The Bertz CT molecular complexity index is 300. The van der Waals surface area contributed by atoms with Gasteiger partial charge in [-0.1, -0.05) is 32.9 Å². The molecule has 2 aliphatic rings.